The number of nitrogens with zero attached hydrogens (tertiary/aromatic N) is 2. The number of rotatable bonds is 7. The Morgan fingerprint density at radius 1 is 1.06 bits per heavy atom. The van der Waals surface area contributed by atoms with Gasteiger partial charge in [0, 0.05) is 25.4 Å². The normalized spacial score (nSPS) is 16.5. The maximum absolute atomic E-state index is 12.9. The Hall–Kier alpha value is -3.10. The van der Waals surface area contributed by atoms with Crippen molar-refractivity contribution in [2.24, 2.45) is 0 Å². The van der Waals surface area contributed by atoms with E-state index in [1.165, 1.54) is 10.6 Å². The lowest BCUT2D eigenvalue weighted by Crippen LogP contribution is -2.44. The Labute approximate surface area is 207 Å². The summed E-state index contributed by atoms with van der Waals surface area (Å²) < 4.78 is 13.6. The summed E-state index contributed by atoms with van der Waals surface area (Å²) in [5.74, 6) is 1.21. The molecule has 1 aromatic carbocycles. The van der Waals surface area contributed by atoms with Crippen LogP contribution in [0.5, 0.6) is 5.75 Å². The number of anilines is 1. The van der Waals surface area contributed by atoms with Gasteiger partial charge in [-0.15, -0.1) is 0 Å². The highest BCUT2D eigenvalue weighted by atomic mass is 28.4. The van der Waals surface area contributed by atoms with Crippen LogP contribution in [0.25, 0.3) is 5.69 Å². The molecule has 0 saturated carbocycles. The summed E-state index contributed by atoms with van der Waals surface area (Å²) in [6.07, 6.45) is 2.66. The van der Waals surface area contributed by atoms with Crippen LogP contribution < -0.4 is 20.8 Å². The topological polar surface area (TPSA) is 76.6 Å². The predicted octanol–water partition coefficient (Wildman–Crippen LogP) is 4.71. The second kappa shape index (κ2) is 9.87. The molecule has 186 valence electrons. The van der Waals surface area contributed by atoms with Crippen molar-refractivity contribution in [3.63, 3.8) is 0 Å². The summed E-state index contributed by atoms with van der Waals surface area (Å²) in [5, 5.41) is 0.159. The minimum absolute atomic E-state index is 0.158. The van der Waals surface area contributed by atoms with Crippen molar-refractivity contribution in [2.75, 3.05) is 18.0 Å². The van der Waals surface area contributed by atoms with Crippen LogP contribution in [0.3, 0.4) is 0 Å². The molecule has 2 aromatic heterocycles. The molecule has 0 amide bonds. The average Bonchev–Trinajstić information content (AvgIpc) is 3.26. The van der Waals surface area contributed by atoms with Crippen molar-refractivity contribution in [2.45, 2.75) is 58.0 Å². The highest BCUT2D eigenvalue weighted by Gasteiger charge is 2.40. The van der Waals surface area contributed by atoms with Gasteiger partial charge in [-0.25, -0.2) is 0 Å². The van der Waals surface area contributed by atoms with E-state index in [9.17, 15) is 9.59 Å². The standard InChI is InChI=1S/C27H35N3O4Si/c1-27(2,3)35(4,5)34-22-13-15-29(18-22)24-12-11-23(26(32)28-24)30-16-14-21(17-25(30)31)33-19-20-9-7-6-8-10-20/h6-12,14,16-17,22H,13,15,18-19H2,1-5H3,(H,28,32)/t22-/m1/s1. The summed E-state index contributed by atoms with van der Waals surface area (Å²) in [6.45, 7) is 13.2. The lowest BCUT2D eigenvalue weighted by Gasteiger charge is -2.38. The van der Waals surface area contributed by atoms with E-state index in [0.717, 1.165) is 30.9 Å². The van der Waals surface area contributed by atoms with Gasteiger partial charge in [-0.2, -0.15) is 0 Å². The first-order valence-electron chi connectivity index (χ1n) is 12.1. The van der Waals surface area contributed by atoms with Crippen LogP contribution in [-0.4, -0.2) is 37.1 Å². The molecular formula is C27H35N3O4Si. The van der Waals surface area contributed by atoms with Gasteiger partial charge in [-0.05, 0) is 48.3 Å². The Balaban J connectivity index is 1.44. The third-order valence-electron chi connectivity index (χ3n) is 7.03. The van der Waals surface area contributed by atoms with Gasteiger partial charge in [0.25, 0.3) is 11.1 Å². The summed E-state index contributed by atoms with van der Waals surface area (Å²) in [5.41, 5.74) is 0.665. The third kappa shape index (κ3) is 5.77. The molecule has 4 rings (SSSR count). The van der Waals surface area contributed by atoms with Crippen molar-refractivity contribution in [1.29, 1.82) is 0 Å². The van der Waals surface area contributed by atoms with Crippen LogP contribution in [0.2, 0.25) is 18.1 Å². The number of hydrogen-bond donors (Lipinski definition) is 1. The van der Waals surface area contributed by atoms with Crippen LogP contribution in [0.4, 0.5) is 5.82 Å². The van der Waals surface area contributed by atoms with E-state index in [4.69, 9.17) is 9.16 Å². The van der Waals surface area contributed by atoms with E-state index in [1.54, 1.807) is 18.3 Å². The molecule has 1 fully saturated rings. The third-order valence-corrected chi connectivity index (χ3v) is 11.6. The number of benzene rings is 1. The van der Waals surface area contributed by atoms with Crippen LogP contribution in [-0.2, 0) is 11.0 Å². The lowest BCUT2D eigenvalue weighted by atomic mass is 10.2. The smallest absolute Gasteiger partial charge is 0.273 e. The van der Waals surface area contributed by atoms with E-state index < -0.39 is 8.32 Å². The molecule has 1 saturated heterocycles. The van der Waals surface area contributed by atoms with Gasteiger partial charge < -0.3 is 19.0 Å². The fraction of sp³-hybridized carbons (Fsp3) is 0.407. The van der Waals surface area contributed by atoms with Crippen LogP contribution >= 0.6 is 0 Å². The minimum atomic E-state index is -1.85. The van der Waals surface area contributed by atoms with Crippen molar-refractivity contribution >= 4 is 14.1 Å². The highest BCUT2D eigenvalue weighted by Crippen LogP contribution is 2.38. The molecular weight excluding hydrogens is 458 g/mol. The summed E-state index contributed by atoms with van der Waals surface area (Å²) >= 11 is 0. The zero-order valence-electron chi connectivity index (χ0n) is 21.2. The van der Waals surface area contributed by atoms with Crippen LogP contribution in [0.1, 0.15) is 32.8 Å². The van der Waals surface area contributed by atoms with E-state index in [0.29, 0.717) is 12.4 Å². The van der Waals surface area contributed by atoms with Crippen molar-refractivity contribution in [1.82, 2.24) is 9.55 Å². The highest BCUT2D eigenvalue weighted by molar-refractivity contribution is 6.74. The molecule has 1 atom stereocenters. The Kier molecular flexibility index (Phi) is 7.05. The molecule has 8 heteroatoms. The quantitative estimate of drug-likeness (QED) is 0.483. The predicted molar refractivity (Wildman–Crippen MR) is 142 cm³/mol. The maximum Gasteiger partial charge on any atom is 0.273 e. The number of pyridine rings is 2. The number of ether oxygens (including phenoxy) is 1. The van der Waals surface area contributed by atoms with Crippen LogP contribution in [0.15, 0.2) is 70.4 Å². The first-order valence-corrected chi connectivity index (χ1v) is 15.0. The van der Waals surface area contributed by atoms with Gasteiger partial charge in [0.1, 0.15) is 23.9 Å². The SMILES string of the molecule is CC(C)(C)[Si](C)(C)O[C@@H]1CCN(c2ccc(-n3ccc(OCc4ccccc4)cc3=O)c(=O)[nH]2)C1. The van der Waals surface area contributed by atoms with Gasteiger partial charge in [0.15, 0.2) is 8.32 Å². The molecule has 7 nitrogen and oxygen atoms in total. The number of nitrogens with one attached hydrogen (secondary N) is 1. The largest absolute Gasteiger partial charge is 0.489 e. The molecule has 0 aliphatic carbocycles. The van der Waals surface area contributed by atoms with Gasteiger partial charge in [-0.3, -0.25) is 14.2 Å². The average molecular weight is 494 g/mol. The first-order chi connectivity index (χ1) is 16.5. The molecule has 0 unspecified atom stereocenters. The van der Waals surface area contributed by atoms with E-state index in [1.807, 2.05) is 36.4 Å². The summed E-state index contributed by atoms with van der Waals surface area (Å²) in [7, 11) is -1.85. The lowest BCUT2D eigenvalue weighted by molar-refractivity contribution is 0.202. The zero-order chi connectivity index (χ0) is 25.2. The molecule has 1 N–H and O–H groups in total. The fourth-order valence-electron chi connectivity index (χ4n) is 3.96. The molecule has 3 aromatic rings. The van der Waals surface area contributed by atoms with Crippen LogP contribution in [0, 0.1) is 0 Å². The van der Waals surface area contributed by atoms with Gasteiger partial charge in [0.2, 0.25) is 0 Å². The zero-order valence-corrected chi connectivity index (χ0v) is 22.2. The number of aromatic amines is 1. The molecule has 3 heterocycles. The van der Waals surface area contributed by atoms with E-state index >= 15 is 0 Å². The van der Waals surface area contributed by atoms with Crippen molar-refractivity contribution < 1.29 is 9.16 Å². The second-order valence-electron chi connectivity index (χ2n) is 10.6. The molecule has 1 aliphatic heterocycles. The Bertz CT molecular complexity index is 1280. The fourth-order valence-corrected chi connectivity index (χ4v) is 5.34. The number of H-pyrrole nitrogens is 1. The van der Waals surface area contributed by atoms with Crippen molar-refractivity contribution in [3.8, 4) is 11.4 Å². The molecule has 1 aliphatic rings. The second-order valence-corrected chi connectivity index (χ2v) is 15.4. The number of aromatic nitrogens is 2. The van der Waals surface area contributed by atoms with E-state index in [2.05, 4.69) is 43.7 Å². The first kappa shape index (κ1) is 25.0. The Morgan fingerprint density at radius 2 is 1.80 bits per heavy atom. The van der Waals surface area contributed by atoms with Crippen molar-refractivity contribution in [3.05, 3.63) is 87.1 Å². The monoisotopic (exact) mass is 493 g/mol. The van der Waals surface area contributed by atoms with Gasteiger partial charge in [-0.1, -0.05) is 51.1 Å². The summed E-state index contributed by atoms with van der Waals surface area (Å²) in [4.78, 5) is 30.7. The van der Waals surface area contributed by atoms with E-state index in [-0.39, 0.29) is 27.9 Å². The molecule has 35 heavy (non-hydrogen) atoms. The minimum Gasteiger partial charge on any atom is -0.489 e. The van der Waals surface area contributed by atoms with Gasteiger partial charge in [0.05, 0.1) is 6.10 Å². The summed E-state index contributed by atoms with van der Waals surface area (Å²) in [6, 6.07) is 16.4. The van der Waals surface area contributed by atoms with Gasteiger partial charge >= 0.3 is 0 Å². The molecule has 0 radical (unpaired) electrons. The Morgan fingerprint density at radius 3 is 2.46 bits per heavy atom. The molecule has 0 bridgehead atoms. The number of hydrogen-bond acceptors (Lipinski definition) is 5. The molecule has 0 spiro atoms. The maximum atomic E-state index is 12.9.